The van der Waals surface area contributed by atoms with Crippen molar-refractivity contribution < 1.29 is 13.9 Å². The van der Waals surface area contributed by atoms with Crippen molar-refractivity contribution in [2.45, 2.75) is 12.6 Å². The van der Waals surface area contributed by atoms with Crippen LogP contribution in [0.4, 0.5) is 0 Å². The quantitative estimate of drug-likeness (QED) is 0.598. The van der Waals surface area contributed by atoms with Crippen LogP contribution in [0.15, 0.2) is 65.3 Å². The van der Waals surface area contributed by atoms with Crippen molar-refractivity contribution in [1.82, 2.24) is 10.2 Å². The van der Waals surface area contributed by atoms with Crippen molar-refractivity contribution in [1.29, 1.82) is 0 Å². The molecule has 3 aromatic rings. The van der Waals surface area contributed by atoms with Crippen LogP contribution in [0.25, 0.3) is 11.1 Å². The Morgan fingerprint density at radius 2 is 1.68 bits per heavy atom. The van der Waals surface area contributed by atoms with Gasteiger partial charge in [0.05, 0.1) is 26.5 Å². The first-order valence-electron chi connectivity index (χ1n) is 9.35. The summed E-state index contributed by atoms with van der Waals surface area (Å²) in [5.74, 6) is 2.41. The summed E-state index contributed by atoms with van der Waals surface area (Å²) >= 11 is 0. The second-order valence-electron chi connectivity index (χ2n) is 6.86. The number of nitrogens with one attached hydrogen (secondary N) is 1. The molecule has 0 aliphatic carbocycles. The molecule has 1 atom stereocenters. The SMILES string of the molecule is COc1cc(CNCC(c2ccco2)N(C)C)c(-c2ccccc2)cc1OC. The Labute approximate surface area is 166 Å². The fourth-order valence-electron chi connectivity index (χ4n) is 3.32. The third-order valence-electron chi connectivity index (χ3n) is 4.84. The monoisotopic (exact) mass is 380 g/mol. The van der Waals surface area contributed by atoms with Gasteiger partial charge in [0.1, 0.15) is 5.76 Å². The Kier molecular flexibility index (Phi) is 6.74. The summed E-state index contributed by atoms with van der Waals surface area (Å²) in [6.07, 6.45) is 1.72. The van der Waals surface area contributed by atoms with Crippen molar-refractivity contribution in [3.63, 3.8) is 0 Å². The number of benzene rings is 2. The second-order valence-corrected chi connectivity index (χ2v) is 6.86. The number of likely N-dealkylation sites (N-methyl/N-ethyl adjacent to an activating group) is 1. The fraction of sp³-hybridized carbons (Fsp3) is 0.304. The molecule has 0 bridgehead atoms. The predicted octanol–water partition coefficient (Wildman–Crippen LogP) is 4.36. The van der Waals surface area contributed by atoms with Crippen LogP contribution in [0.2, 0.25) is 0 Å². The molecule has 0 saturated heterocycles. The van der Waals surface area contributed by atoms with Gasteiger partial charge < -0.3 is 19.2 Å². The highest BCUT2D eigenvalue weighted by Gasteiger charge is 2.17. The highest BCUT2D eigenvalue weighted by molar-refractivity contribution is 5.71. The summed E-state index contributed by atoms with van der Waals surface area (Å²) in [7, 11) is 7.44. The van der Waals surface area contributed by atoms with E-state index < -0.39 is 0 Å². The third kappa shape index (κ3) is 4.55. The molecule has 2 aromatic carbocycles. The molecule has 0 saturated carbocycles. The second kappa shape index (κ2) is 9.44. The average Bonchev–Trinajstić information content (AvgIpc) is 3.25. The molecule has 148 valence electrons. The summed E-state index contributed by atoms with van der Waals surface area (Å²) in [6, 6.07) is 18.5. The van der Waals surface area contributed by atoms with Crippen LogP contribution < -0.4 is 14.8 Å². The third-order valence-corrected chi connectivity index (χ3v) is 4.84. The van der Waals surface area contributed by atoms with Crippen LogP contribution in [0, 0.1) is 0 Å². The standard InChI is InChI=1S/C23H28N2O3/c1-25(2)20(21-11-8-12-28-21)16-24-15-18-13-22(26-3)23(27-4)14-19(18)17-9-6-5-7-10-17/h5-14,20,24H,15-16H2,1-4H3. The lowest BCUT2D eigenvalue weighted by molar-refractivity contribution is 0.250. The van der Waals surface area contributed by atoms with Gasteiger partial charge in [-0.1, -0.05) is 30.3 Å². The smallest absolute Gasteiger partial charge is 0.161 e. The van der Waals surface area contributed by atoms with Crippen LogP contribution in [-0.2, 0) is 6.54 Å². The predicted molar refractivity (Wildman–Crippen MR) is 112 cm³/mol. The summed E-state index contributed by atoms with van der Waals surface area (Å²) in [4.78, 5) is 2.15. The van der Waals surface area contributed by atoms with E-state index in [0.717, 1.165) is 40.5 Å². The van der Waals surface area contributed by atoms with E-state index in [-0.39, 0.29) is 6.04 Å². The van der Waals surface area contributed by atoms with E-state index in [2.05, 4.69) is 36.4 Å². The van der Waals surface area contributed by atoms with Gasteiger partial charge in [0, 0.05) is 13.1 Å². The lowest BCUT2D eigenvalue weighted by Crippen LogP contribution is -2.30. The largest absolute Gasteiger partial charge is 0.493 e. The van der Waals surface area contributed by atoms with Crippen molar-refractivity contribution in [2.75, 3.05) is 34.9 Å². The Bertz CT molecular complexity index is 861. The first kappa shape index (κ1) is 20.0. The van der Waals surface area contributed by atoms with E-state index >= 15 is 0 Å². The average molecular weight is 380 g/mol. The lowest BCUT2D eigenvalue weighted by atomic mass is 9.98. The van der Waals surface area contributed by atoms with Crippen molar-refractivity contribution >= 4 is 0 Å². The molecule has 5 heteroatoms. The number of methoxy groups -OCH3 is 2. The maximum Gasteiger partial charge on any atom is 0.161 e. The van der Waals surface area contributed by atoms with Gasteiger partial charge in [-0.2, -0.15) is 0 Å². The molecular weight excluding hydrogens is 352 g/mol. The Morgan fingerprint density at radius 1 is 0.964 bits per heavy atom. The Balaban J connectivity index is 1.84. The summed E-state index contributed by atoms with van der Waals surface area (Å²) in [6.45, 7) is 1.47. The number of furan rings is 1. The van der Waals surface area contributed by atoms with Crippen LogP contribution in [-0.4, -0.2) is 39.8 Å². The zero-order chi connectivity index (χ0) is 19.9. The minimum atomic E-state index is 0.162. The molecule has 0 aliphatic heterocycles. The molecule has 1 aromatic heterocycles. The molecule has 0 fully saturated rings. The molecule has 0 spiro atoms. The Hall–Kier alpha value is -2.76. The molecule has 5 nitrogen and oxygen atoms in total. The van der Waals surface area contributed by atoms with E-state index in [4.69, 9.17) is 13.9 Å². The maximum absolute atomic E-state index is 5.60. The van der Waals surface area contributed by atoms with Gasteiger partial charge in [-0.05, 0) is 55.1 Å². The van der Waals surface area contributed by atoms with Gasteiger partial charge in [-0.3, -0.25) is 4.90 Å². The van der Waals surface area contributed by atoms with Crippen LogP contribution in [0.1, 0.15) is 17.4 Å². The lowest BCUT2D eigenvalue weighted by Gasteiger charge is -2.23. The van der Waals surface area contributed by atoms with Crippen LogP contribution in [0.5, 0.6) is 11.5 Å². The summed E-state index contributed by atoms with van der Waals surface area (Å²) in [5.41, 5.74) is 3.43. The number of hydrogen-bond acceptors (Lipinski definition) is 5. The molecule has 0 radical (unpaired) electrons. The Morgan fingerprint density at radius 3 is 2.29 bits per heavy atom. The maximum atomic E-state index is 5.60. The minimum Gasteiger partial charge on any atom is -0.493 e. The molecule has 1 heterocycles. The molecule has 0 aliphatic rings. The highest BCUT2D eigenvalue weighted by Crippen LogP contribution is 2.35. The van der Waals surface area contributed by atoms with E-state index in [0.29, 0.717) is 6.54 Å². The molecular formula is C23H28N2O3. The summed E-state index contributed by atoms with van der Waals surface area (Å²) < 4.78 is 16.6. The topological polar surface area (TPSA) is 46.9 Å². The van der Waals surface area contributed by atoms with Crippen molar-refractivity contribution in [2.24, 2.45) is 0 Å². The first-order chi connectivity index (χ1) is 13.6. The molecule has 28 heavy (non-hydrogen) atoms. The number of nitrogens with zero attached hydrogens (tertiary/aromatic N) is 1. The van der Waals surface area contributed by atoms with Gasteiger partial charge in [-0.15, -0.1) is 0 Å². The van der Waals surface area contributed by atoms with E-state index in [9.17, 15) is 0 Å². The summed E-state index contributed by atoms with van der Waals surface area (Å²) in [5, 5.41) is 3.57. The van der Waals surface area contributed by atoms with Crippen molar-refractivity contribution in [3.05, 3.63) is 72.2 Å². The van der Waals surface area contributed by atoms with Gasteiger partial charge >= 0.3 is 0 Å². The highest BCUT2D eigenvalue weighted by atomic mass is 16.5. The van der Waals surface area contributed by atoms with E-state index in [1.54, 1.807) is 20.5 Å². The zero-order valence-electron chi connectivity index (χ0n) is 16.9. The number of rotatable bonds is 9. The first-order valence-corrected chi connectivity index (χ1v) is 9.35. The molecule has 1 unspecified atom stereocenters. The van der Waals surface area contributed by atoms with Crippen LogP contribution in [0.3, 0.4) is 0 Å². The van der Waals surface area contributed by atoms with E-state index in [1.165, 1.54) is 0 Å². The normalized spacial score (nSPS) is 12.2. The van der Waals surface area contributed by atoms with Gasteiger partial charge in [0.15, 0.2) is 11.5 Å². The van der Waals surface area contributed by atoms with Crippen LogP contribution >= 0.6 is 0 Å². The van der Waals surface area contributed by atoms with Crippen molar-refractivity contribution in [3.8, 4) is 22.6 Å². The number of hydrogen-bond donors (Lipinski definition) is 1. The van der Waals surface area contributed by atoms with Gasteiger partial charge in [0.2, 0.25) is 0 Å². The zero-order valence-corrected chi connectivity index (χ0v) is 16.9. The molecule has 0 amide bonds. The van der Waals surface area contributed by atoms with Gasteiger partial charge in [-0.25, -0.2) is 0 Å². The fourth-order valence-corrected chi connectivity index (χ4v) is 3.32. The van der Waals surface area contributed by atoms with Gasteiger partial charge in [0.25, 0.3) is 0 Å². The number of ether oxygens (including phenoxy) is 2. The molecule has 3 rings (SSSR count). The van der Waals surface area contributed by atoms with E-state index in [1.807, 2.05) is 42.5 Å². The minimum absolute atomic E-state index is 0.162. The molecule has 1 N–H and O–H groups in total.